The lowest BCUT2D eigenvalue weighted by Gasteiger charge is -2.34. The molecule has 4 rings (SSSR count). The summed E-state index contributed by atoms with van der Waals surface area (Å²) in [6.45, 7) is 6.25. The molecule has 1 amide bonds. The van der Waals surface area contributed by atoms with Gasteiger partial charge in [0.15, 0.2) is 0 Å². The Kier molecular flexibility index (Phi) is 7.48. The quantitative estimate of drug-likeness (QED) is 0.689. The number of unbranched alkanes of at least 4 members (excludes halogenated alkanes) is 1. The van der Waals surface area contributed by atoms with Crippen LogP contribution in [0.1, 0.15) is 45.4 Å². The molecule has 0 atom stereocenters. The SMILES string of the molecule is CCCCN1CCC(NC(=O)C2CCN(S(=O)(=O)c3ccc4ccccc4c3)CC2)CC1. The summed E-state index contributed by atoms with van der Waals surface area (Å²) in [6, 6.07) is 13.3. The molecule has 32 heavy (non-hydrogen) atoms. The molecule has 0 aliphatic carbocycles. The second-order valence-electron chi connectivity index (χ2n) is 9.17. The number of carbonyl (C=O) groups excluding carboxylic acids is 1. The van der Waals surface area contributed by atoms with Crippen molar-refractivity contribution in [3.8, 4) is 0 Å². The van der Waals surface area contributed by atoms with Gasteiger partial charge in [-0.3, -0.25) is 4.79 Å². The summed E-state index contributed by atoms with van der Waals surface area (Å²) in [4.78, 5) is 15.6. The third-order valence-corrected chi connectivity index (χ3v) is 8.84. The van der Waals surface area contributed by atoms with Gasteiger partial charge in [-0.2, -0.15) is 4.31 Å². The third kappa shape index (κ3) is 5.33. The number of hydrogen-bond acceptors (Lipinski definition) is 4. The number of hydrogen-bond donors (Lipinski definition) is 1. The molecule has 2 aliphatic rings. The normalized spacial score (nSPS) is 19.9. The molecule has 0 spiro atoms. The molecule has 2 aromatic carbocycles. The number of piperidine rings is 2. The number of amides is 1. The van der Waals surface area contributed by atoms with Crippen LogP contribution in [0.5, 0.6) is 0 Å². The zero-order chi connectivity index (χ0) is 22.6. The Hall–Kier alpha value is -1.96. The molecule has 0 aromatic heterocycles. The highest BCUT2D eigenvalue weighted by atomic mass is 32.2. The van der Waals surface area contributed by atoms with Gasteiger partial charge in [-0.05, 0) is 61.6 Å². The average Bonchev–Trinajstić information content (AvgIpc) is 2.83. The number of benzene rings is 2. The highest BCUT2D eigenvalue weighted by Gasteiger charge is 2.33. The van der Waals surface area contributed by atoms with Gasteiger partial charge in [-0.1, -0.05) is 43.7 Å². The van der Waals surface area contributed by atoms with Gasteiger partial charge >= 0.3 is 0 Å². The van der Waals surface area contributed by atoms with Crippen LogP contribution in [0.15, 0.2) is 47.4 Å². The molecule has 0 saturated carbocycles. The van der Waals surface area contributed by atoms with E-state index in [-0.39, 0.29) is 17.9 Å². The number of fused-ring (bicyclic) bond motifs is 1. The maximum absolute atomic E-state index is 13.2. The Balaban J connectivity index is 1.29. The van der Waals surface area contributed by atoms with E-state index in [9.17, 15) is 13.2 Å². The largest absolute Gasteiger partial charge is 0.353 e. The first kappa shape index (κ1) is 23.2. The molecular formula is C25H35N3O3S. The van der Waals surface area contributed by atoms with E-state index in [2.05, 4.69) is 17.1 Å². The highest BCUT2D eigenvalue weighted by molar-refractivity contribution is 7.89. The van der Waals surface area contributed by atoms with Gasteiger partial charge in [0.05, 0.1) is 4.90 Å². The third-order valence-electron chi connectivity index (χ3n) is 6.95. The molecule has 2 fully saturated rings. The highest BCUT2D eigenvalue weighted by Crippen LogP contribution is 2.26. The summed E-state index contributed by atoms with van der Waals surface area (Å²) in [6.07, 6.45) is 5.61. The topological polar surface area (TPSA) is 69.7 Å². The second-order valence-corrected chi connectivity index (χ2v) is 11.1. The van der Waals surface area contributed by atoms with Gasteiger partial charge in [0.2, 0.25) is 15.9 Å². The van der Waals surface area contributed by atoms with Crippen molar-refractivity contribution in [3.63, 3.8) is 0 Å². The van der Waals surface area contributed by atoms with Gasteiger partial charge in [0, 0.05) is 38.1 Å². The first-order chi connectivity index (χ1) is 15.5. The fraction of sp³-hybridized carbons (Fsp3) is 0.560. The second kappa shape index (κ2) is 10.3. The van der Waals surface area contributed by atoms with Gasteiger partial charge in [0.25, 0.3) is 0 Å². The van der Waals surface area contributed by atoms with Crippen molar-refractivity contribution in [2.24, 2.45) is 5.92 Å². The lowest BCUT2D eigenvalue weighted by Crippen LogP contribution is -2.48. The van der Waals surface area contributed by atoms with Crippen molar-refractivity contribution in [1.82, 2.24) is 14.5 Å². The summed E-state index contributed by atoms with van der Waals surface area (Å²) < 4.78 is 27.8. The zero-order valence-electron chi connectivity index (χ0n) is 19.0. The lowest BCUT2D eigenvalue weighted by molar-refractivity contribution is -0.127. The van der Waals surface area contributed by atoms with E-state index >= 15 is 0 Å². The predicted octanol–water partition coefficient (Wildman–Crippen LogP) is 3.62. The monoisotopic (exact) mass is 457 g/mol. The summed E-state index contributed by atoms with van der Waals surface area (Å²) in [5, 5.41) is 5.18. The van der Waals surface area contributed by atoms with Crippen LogP contribution >= 0.6 is 0 Å². The Morgan fingerprint density at radius 1 is 0.969 bits per heavy atom. The van der Waals surface area contributed by atoms with E-state index in [0.29, 0.717) is 30.8 Å². The Labute approximate surface area is 192 Å². The van der Waals surface area contributed by atoms with Crippen LogP contribution in [0.3, 0.4) is 0 Å². The Morgan fingerprint density at radius 3 is 2.34 bits per heavy atom. The standard InChI is InChI=1S/C25H35N3O3S/c1-2-3-14-27-15-12-23(13-16-27)26-25(29)21-10-17-28(18-11-21)32(30,31)24-9-8-20-6-4-5-7-22(20)19-24/h4-9,19,21,23H,2-3,10-18H2,1H3,(H,26,29). The van der Waals surface area contributed by atoms with E-state index in [4.69, 9.17) is 0 Å². The van der Waals surface area contributed by atoms with E-state index in [0.717, 1.165) is 43.2 Å². The van der Waals surface area contributed by atoms with Gasteiger partial charge in [0.1, 0.15) is 0 Å². The van der Waals surface area contributed by atoms with E-state index in [1.165, 1.54) is 17.1 Å². The van der Waals surface area contributed by atoms with Crippen LogP contribution in [0.4, 0.5) is 0 Å². The van der Waals surface area contributed by atoms with Crippen LogP contribution in [0, 0.1) is 5.92 Å². The molecule has 174 valence electrons. The smallest absolute Gasteiger partial charge is 0.243 e. The number of sulfonamides is 1. The maximum Gasteiger partial charge on any atom is 0.243 e. The summed E-state index contributed by atoms with van der Waals surface area (Å²) in [5.74, 6) is -0.00376. The molecule has 0 bridgehead atoms. The minimum absolute atomic E-state index is 0.0970. The molecule has 2 aromatic rings. The predicted molar refractivity (Wildman–Crippen MR) is 128 cm³/mol. The van der Waals surface area contributed by atoms with Crippen molar-refractivity contribution in [3.05, 3.63) is 42.5 Å². The van der Waals surface area contributed by atoms with Gasteiger partial charge in [-0.25, -0.2) is 8.42 Å². The lowest BCUT2D eigenvalue weighted by atomic mass is 9.96. The molecule has 0 radical (unpaired) electrons. The summed E-state index contributed by atoms with van der Waals surface area (Å²) in [7, 11) is -3.55. The van der Waals surface area contributed by atoms with Crippen LogP contribution in [-0.2, 0) is 14.8 Å². The van der Waals surface area contributed by atoms with Gasteiger partial charge in [-0.15, -0.1) is 0 Å². The molecule has 2 heterocycles. The number of carbonyl (C=O) groups is 1. The van der Waals surface area contributed by atoms with Crippen molar-refractivity contribution in [1.29, 1.82) is 0 Å². The summed E-state index contributed by atoms with van der Waals surface area (Å²) >= 11 is 0. The van der Waals surface area contributed by atoms with Crippen molar-refractivity contribution in [2.75, 3.05) is 32.7 Å². The van der Waals surface area contributed by atoms with Gasteiger partial charge < -0.3 is 10.2 Å². The molecular weight excluding hydrogens is 422 g/mol. The fourth-order valence-corrected chi connectivity index (χ4v) is 6.34. The maximum atomic E-state index is 13.2. The molecule has 7 heteroatoms. The first-order valence-electron chi connectivity index (χ1n) is 12.0. The van der Waals surface area contributed by atoms with Crippen LogP contribution in [-0.4, -0.2) is 62.3 Å². The Morgan fingerprint density at radius 2 is 1.66 bits per heavy atom. The number of nitrogens with one attached hydrogen (secondary N) is 1. The van der Waals surface area contributed by atoms with Crippen molar-refractivity contribution < 1.29 is 13.2 Å². The fourth-order valence-electron chi connectivity index (χ4n) is 4.84. The molecule has 2 saturated heterocycles. The molecule has 2 aliphatic heterocycles. The first-order valence-corrected chi connectivity index (χ1v) is 13.4. The number of nitrogens with zero attached hydrogens (tertiary/aromatic N) is 2. The minimum Gasteiger partial charge on any atom is -0.353 e. The number of rotatable bonds is 7. The Bertz CT molecular complexity index is 1020. The molecule has 6 nitrogen and oxygen atoms in total. The van der Waals surface area contributed by atoms with Crippen LogP contribution in [0.25, 0.3) is 10.8 Å². The number of likely N-dealkylation sites (tertiary alicyclic amines) is 1. The van der Waals surface area contributed by atoms with Crippen molar-refractivity contribution >= 4 is 26.7 Å². The molecule has 0 unspecified atom stereocenters. The van der Waals surface area contributed by atoms with Crippen LogP contribution < -0.4 is 5.32 Å². The van der Waals surface area contributed by atoms with Crippen molar-refractivity contribution in [2.45, 2.75) is 56.4 Å². The summed E-state index contributed by atoms with van der Waals surface area (Å²) in [5.41, 5.74) is 0. The zero-order valence-corrected chi connectivity index (χ0v) is 19.8. The van der Waals surface area contributed by atoms with E-state index in [1.807, 2.05) is 30.3 Å². The molecule has 1 N–H and O–H groups in total. The van der Waals surface area contributed by atoms with E-state index in [1.54, 1.807) is 12.1 Å². The average molecular weight is 458 g/mol. The van der Waals surface area contributed by atoms with E-state index < -0.39 is 10.0 Å². The minimum atomic E-state index is -3.55. The van der Waals surface area contributed by atoms with Crippen LogP contribution in [0.2, 0.25) is 0 Å².